The Balaban J connectivity index is 1.46. The van der Waals surface area contributed by atoms with Gasteiger partial charge in [0.1, 0.15) is 27.8 Å². The summed E-state index contributed by atoms with van der Waals surface area (Å²) in [6.07, 6.45) is 6.50. The van der Waals surface area contributed by atoms with Crippen LogP contribution in [-0.2, 0) is 16.6 Å². The number of hydrogen-bond donors (Lipinski definition) is 3. The van der Waals surface area contributed by atoms with Crippen molar-refractivity contribution in [3.05, 3.63) is 71.9 Å². The molecule has 0 saturated carbocycles. The molecule has 11 nitrogen and oxygen atoms in total. The molecule has 3 N–H and O–H groups in total. The predicted octanol–water partition coefficient (Wildman–Crippen LogP) is 1.90. The molecule has 0 bridgehead atoms. The number of sulfonamides is 1. The van der Waals surface area contributed by atoms with Gasteiger partial charge in [-0.05, 0) is 44.1 Å². The Morgan fingerprint density at radius 2 is 2.11 bits per heavy atom. The molecule has 2 fully saturated rings. The fourth-order valence-electron chi connectivity index (χ4n) is 5.64. The summed E-state index contributed by atoms with van der Waals surface area (Å²) in [4.78, 5) is 22.3. The molecular formula is C24H27F2N7O4S. The van der Waals surface area contributed by atoms with Crippen molar-refractivity contribution < 1.29 is 26.4 Å². The lowest BCUT2D eigenvalue weighted by Crippen LogP contribution is -2.78. The van der Waals surface area contributed by atoms with E-state index in [0.717, 1.165) is 16.6 Å². The molecule has 14 heteroatoms. The molecule has 3 atom stereocenters. The molecule has 1 unspecified atom stereocenters. The van der Waals surface area contributed by atoms with Crippen LogP contribution in [0.5, 0.6) is 0 Å². The van der Waals surface area contributed by atoms with Crippen molar-refractivity contribution in [1.82, 2.24) is 29.8 Å². The fourth-order valence-corrected chi connectivity index (χ4v) is 7.87. The maximum atomic E-state index is 15.6. The van der Waals surface area contributed by atoms with E-state index in [-0.39, 0.29) is 31.0 Å². The van der Waals surface area contributed by atoms with Crippen molar-refractivity contribution in [2.45, 2.75) is 36.6 Å². The summed E-state index contributed by atoms with van der Waals surface area (Å²) < 4.78 is 61.4. The van der Waals surface area contributed by atoms with Gasteiger partial charge in [-0.1, -0.05) is 0 Å². The van der Waals surface area contributed by atoms with Gasteiger partial charge >= 0.3 is 0 Å². The number of rotatable bonds is 5. The number of nitrogens with zero attached hydrogens (tertiary/aromatic N) is 4. The number of halogens is 2. The first-order valence-corrected chi connectivity index (χ1v) is 13.3. The zero-order valence-corrected chi connectivity index (χ0v) is 21.6. The highest BCUT2D eigenvalue weighted by molar-refractivity contribution is 7.91. The molecule has 1 amide bonds. The van der Waals surface area contributed by atoms with Gasteiger partial charge in [0.15, 0.2) is 6.39 Å². The minimum atomic E-state index is -4.12. The molecular weight excluding hydrogens is 520 g/mol. The average molecular weight is 548 g/mol. The van der Waals surface area contributed by atoms with Crippen LogP contribution < -0.4 is 10.6 Å². The Hall–Kier alpha value is -3.65. The number of likely N-dealkylation sites (tertiary alicyclic amines) is 1. The van der Waals surface area contributed by atoms with Crippen LogP contribution in [0.15, 0.2) is 59.0 Å². The van der Waals surface area contributed by atoms with Gasteiger partial charge in [0, 0.05) is 31.8 Å². The number of carbonyl (C=O) groups excluding carboxylic acids is 1. The second-order valence-corrected chi connectivity index (χ2v) is 12.2. The molecule has 1 aliphatic carbocycles. The van der Waals surface area contributed by atoms with Crippen molar-refractivity contribution in [3.8, 4) is 0 Å². The zero-order valence-electron chi connectivity index (χ0n) is 20.7. The Morgan fingerprint density at radius 1 is 1.32 bits per heavy atom. The van der Waals surface area contributed by atoms with Gasteiger partial charge in [-0.2, -0.15) is 0 Å². The molecule has 2 aliphatic heterocycles. The van der Waals surface area contributed by atoms with Crippen molar-refractivity contribution in [2.75, 3.05) is 20.1 Å². The van der Waals surface area contributed by atoms with Crippen molar-refractivity contribution in [1.29, 1.82) is 5.41 Å². The van der Waals surface area contributed by atoms with E-state index < -0.39 is 43.8 Å². The lowest BCUT2D eigenvalue weighted by Gasteiger charge is -2.55. The number of guanidine groups is 1. The summed E-state index contributed by atoms with van der Waals surface area (Å²) in [5.74, 6) is -2.60. The van der Waals surface area contributed by atoms with Crippen LogP contribution in [0.25, 0.3) is 0 Å². The van der Waals surface area contributed by atoms with Gasteiger partial charge in [0.25, 0.3) is 5.91 Å². The van der Waals surface area contributed by atoms with E-state index in [9.17, 15) is 17.6 Å². The zero-order chi connectivity index (χ0) is 27.3. The van der Waals surface area contributed by atoms with E-state index in [0.29, 0.717) is 24.5 Å². The lowest BCUT2D eigenvalue weighted by atomic mass is 9.70. The molecule has 202 valence electrons. The monoisotopic (exact) mass is 547 g/mol. The average Bonchev–Trinajstić information content (AvgIpc) is 3.55. The van der Waals surface area contributed by atoms with Gasteiger partial charge in [-0.15, -0.1) is 0 Å². The number of hydrogen-bond acceptors (Lipinski definition) is 8. The fraction of sp³-hybridized carbons (Fsp3) is 0.417. The van der Waals surface area contributed by atoms with Crippen LogP contribution in [0.1, 0.15) is 36.0 Å². The molecule has 2 aromatic rings. The Bertz CT molecular complexity index is 1430. The number of pyridine rings is 1. The van der Waals surface area contributed by atoms with Crippen molar-refractivity contribution >= 4 is 21.9 Å². The number of oxazole rings is 1. The molecule has 38 heavy (non-hydrogen) atoms. The standard InChI is InChI=1S/C24H27F2N7O4S/c1-23(18-9-16(4-5-19(18)26)30-21(34)20-6-3-15(25)10-29-20)24(38(35,36)32(2)22(27)31-23)7-8-33(13-24)12-17-11-28-14-37-17/h3-6,10-11,14,18H,7-9,12-13H2,1-2H3,(H2,27,31)(H,30,34)/t18?,23-,24-/m1/s1. The Morgan fingerprint density at radius 3 is 2.79 bits per heavy atom. The van der Waals surface area contributed by atoms with Crippen LogP contribution in [-0.4, -0.2) is 69.9 Å². The number of amides is 1. The highest BCUT2D eigenvalue weighted by atomic mass is 32.2. The summed E-state index contributed by atoms with van der Waals surface area (Å²) in [5.41, 5.74) is -1.14. The minimum absolute atomic E-state index is 0.0258. The summed E-state index contributed by atoms with van der Waals surface area (Å²) >= 11 is 0. The second-order valence-electron chi connectivity index (χ2n) is 9.89. The molecule has 3 aliphatic rings. The molecule has 0 radical (unpaired) electrons. The van der Waals surface area contributed by atoms with E-state index in [2.05, 4.69) is 20.6 Å². The molecule has 1 spiro atoms. The first kappa shape index (κ1) is 26.0. The normalized spacial score (nSPS) is 29.1. The smallest absolute Gasteiger partial charge is 0.274 e. The quantitative estimate of drug-likeness (QED) is 0.515. The SMILES string of the molecule is CN1C(=N)N[C@](C)(C2CC(NC(=O)c3ccc(F)cn3)=CC=C2F)[C@]2(CCN(Cc3cnco3)C2)S1(=O)=O. The molecule has 5 rings (SSSR count). The highest BCUT2D eigenvalue weighted by Crippen LogP contribution is 2.51. The largest absolute Gasteiger partial charge is 0.447 e. The van der Waals surface area contributed by atoms with E-state index in [1.165, 1.54) is 31.7 Å². The first-order chi connectivity index (χ1) is 18.0. The lowest BCUT2D eigenvalue weighted by molar-refractivity contribution is 0.0953. The number of aromatic nitrogens is 2. The van der Waals surface area contributed by atoms with E-state index >= 15 is 4.39 Å². The van der Waals surface area contributed by atoms with Crippen LogP contribution in [0.3, 0.4) is 0 Å². The number of nitrogens with one attached hydrogen (secondary N) is 3. The van der Waals surface area contributed by atoms with E-state index in [1.807, 2.05) is 4.90 Å². The third-order valence-electron chi connectivity index (χ3n) is 7.80. The number of allylic oxidation sites excluding steroid dienone is 3. The van der Waals surface area contributed by atoms with Crippen LogP contribution in [0, 0.1) is 17.1 Å². The first-order valence-electron chi connectivity index (χ1n) is 11.9. The third-order valence-corrected chi connectivity index (χ3v) is 10.4. The summed E-state index contributed by atoms with van der Waals surface area (Å²) in [6.45, 7) is 2.40. The van der Waals surface area contributed by atoms with Gasteiger partial charge in [-0.25, -0.2) is 31.5 Å². The second kappa shape index (κ2) is 9.27. The third kappa shape index (κ3) is 4.07. The van der Waals surface area contributed by atoms with E-state index in [4.69, 9.17) is 9.83 Å². The molecule has 2 aromatic heterocycles. The van der Waals surface area contributed by atoms with Crippen LogP contribution in [0.4, 0.5) is 8.78 Å². The van der Waals surface area contributed by atoms with E-state index in [1.54, 1.807) is 13.1 Å². The summed E-state index contributed by atoms with van der Waals surface area (Å²) in [5, 5.41) is 14.1. The molecule has 2 saturated heterocycles. The van der Waals surface area contributed by atoms with Crippen molar-refractivity contribution in [2.24, 2.45) is 5.92 Å². The topological polar surface area (TPSA) is 145 Å². The Labute approximate surface area is 218 Å². The summed E-state index contributed by atoms with van der Waals surface area (Å²) in [7, 11) is -2.81. The van der Waals surface area contributed by atoms with Crippen molar-refractivity contribution in [3.63, 3.8) is 0 Å². The molecule has 4 heterocycles. The van der Waals surface area contributed by atoms with Crippen LogP contribution in [0.2, 0.25) is 0 Å². The Kier molecular flexibility index (Phi) is 6.34. The maximum Gasteiger partial charge on any atom is 0.274 e. The van der Waals surface area contributed by atoms with Gasteiger partial charge in [0.05, 0.1) is 24.5 Å². The van der Waals surface area contributed by atoms with Gasteiger partial charge in [-0.3, -0.25) is 15.1 Å². The maximum absolute atomic E-state index is 15.6. The van der Waals surface area contributed by atoms with Crippen LogP contribution >= 0.6 is 0 Å². The van der Waals surface area contributed by atoms with Gasteiger partial charge in [0.2, 0.25) is 16.0 Å². The number of carbonyl (C=O) groups is 1. The molecule has 0 aromatic carbocycles. The summed E-state index contributed by atoms with van der Waals surface area (Å²) in [6, 6.07) is 2.33. The predicted molar refractivity (Wildman–Crippen MR) is 132 cm³/mol. The highest BCUT2D eigenvalue weighted by Gasteiger charge is 2.68. The minimum Gasteiger partial charge on any atom is -0.447 e. The van der Waals surface area contributed by atoms with Gasteiger partial charge < -0.3 is 15.1 Å².